The first kappa shape index (κ1) is 21.1. The number of fused-ring (bicyclic) bond motifs is 1. The molecule has 2 aromatic carbocycles. The summed E-state index contributed by atoms with van der Waals surface area (Å²) in [7, 11) is -7.90. The first-order chi connectivity index (χ1) is 14.6. The molecule has 4 rings (SSSR count). The van der Waals surface area contributed by atoms with Gasteiger partial charge in [0.15, 0.2) is 0 Å². The van der Waals surface area contributed by atoms with Gasteiger partial charge in [-0.3, -0.25) is 4.72 Å². The summed E-state index contributed by atoms with van der Waals surface area (Å²) in [6.07, 6.45) is 0. The lowest BCUT2D eigenvalue weighted by atomic mass is 10.3. The highest BCUT2D eigenvalue weighted by molar-refractivity contribution is 7.93. The zero-order valence-corrected chi connectivity index (χ0v) is 18.7. The van der Waals surface area contributed by atoms with Crippen molar-refractivity contribution < 1.29 is 16.8 Å². The normalized spacial score (nSPS) is 12.1. The lowest BCUT2D eigenvalue weighted by Crippen LogP contribution is -2.16. The summed E-state index contributed by atoms with van der Waals surface area (Å²) in [5.41, 5.74) is 2.20. The van der Waals surface area contributed by atoms with Crippen LogP contribution in [0.2, 0.25) is 0 Å². The van der Waals surface area contributed by atoms with E-state index in [1.54, 1.807) is 32.0 Å². The SMILES string of the molecule is Cc1cc(C)nc(NS(=O)(=O)c2ccc(NS(=O)(=O)c3cccc4nsnc34)cc2)n1. The first-order valence-electron chi connectivity index (χ1n) is 8.83. The van der Waals surface area contributed by atoms with E-state index < -0.39 is 20.0 Å². The minimum Gasteiger partial charge on any atom is -0.280 e. The molecule has 0 aliphatic rings. The molecule has 0 atom stereocenters. The van der Waals surface area contributed by atoms with Crippen molar-refractivity contribution in [2.75, 3.05) is 9.44 Å². The molecule has 0 bridgehead atoms. The van der Waals surface area contributed by atoms with Crippen LogP contribution in [-0.4, -0.2) is 35.6 Å². The van der Waals surface area contributed by atoms with E-state index in [1.165, 1.54) is 30.3 Å². The monoisotopic (exact) mass is 476 g/mol. The molecule has 0 radical (unpaired) electrons. The first-order valence-corrected chi connectivity index (χ1v) is 12.5. The summed E-state index contributed by atoms with van der Waals surface area (Å²) in [6, 6.07) is 11.7. The molecular formula is C18H16N6O4S3. The van der Waals surface area contributed by atoms with Gasteiger partial charge in [0.2, 0.25) is 5.95 Å². The van der Waals surface area contributed by atoms with E-state index in [2.05, 4.69) is 28.2 Å². The molecule has 0 saturated heterocycles. The van der Waals surface area contributed by atoms with Gasteiger partial charge in [-0.15, -0.1) is 0 Å². The molecular weight excluding hydrogens is 460 g/mol. The quantitative estimate of drug-likeness (QED) is 0.432. The van der Waals surface area contributed by atoms with Gasteiger partial charge in [-0.05, 0) is 56.3 Å². The Hall–Kier alpha value is -3.16. The fourth-order valence-electron chi connectivity index (χ4n) is 2.86. The minimum absolute atomic E-state index is 0.0101. The third kappa shape index (κ3) is 4.47. The molecule has 0 fully saturated rings. The van der Waals surface area contributed by atoms with Crippen LogP contribution in [0.15, 0.2) is 58.3 Å². The highest BCUT2D eigenvalue weighted by atomic mass is 32.2. The average molecular weight is 477 g/mol. The van der Waals surface area contributed by atoms with Crippen molar-refractivity contribution in [1.82, 2.24) is 18.7 Å². The van der Waals surface area contributed by atoms with E-state index in [-0.39, 0.29) is 26.9 Å². The fourth-order valence-corrected chi connectivity index (χ4v) is 5.63. The summed E-state index contributed by atoms with van der Waals surface area (Å²) >= 11 is 0.920. The maximum Gasteiger partial charge on any atom is 0.264 e. The van der Waals surface area contributed by atoms with Crippen molar-refractivity contribution in [3.05, 3.63) is 59.9 Å². The predicted octanol–water partition coefficient (Wildman–Crippen LogP) is 2.70. The van der Waals surface area contributed by atoms with Crippen molar-refractivity contribution in [3.63, 3.8) is 0 Å². The molecule has 0 amide bonds. The predicted molar refractivity (Wildman–Crippen MR) is 117 cm³/mol. The smallest absolute Gasteiger partial charge is 0.264 e. The molecule has 160 valence electrons. The number of anilines is 2. The number of aromatic nitrogens is 4. The van der Waals surface area contributed by atoms with E-state index in [0.717, 1.165) is 11.7 Å². The zero-order chi connectivity index (χ0) is 22.2. The highest BCUT2D eigenvalue weighted by Crippen LogP contribution is 2.24. The maximum absolute atomic E-state index is 12.8. The van der Waals surface area contributed by atoms with E-state index in [4.69, 9.17) is 0 Å². The number of aryl methyl sites for hydroxylation is 2. The van der Waals surface area contributed by atoms with Gasteiger partial charge in [0, 0.05) is 17.1 Å². The molecule has 4 aromatic rings. The highest BCUT2D eigenvalue weighted by Gasteiger charge is 2.21. The third-order valence-electron chi connectivity index (χ3n) is 4.16. The van der Waals surface area contributed by atoms with Crippen molar-refractivity contribution in [1.29, 1.82) is 0 Å². The molecule has 0 saturated carbocycles. The van der Waals surface area contributed by atoms with Crippen molar-refractivity contribution in [2.45, 2.75) is 23.6 Å². The molecule has 31 heavy (non-hydrogen) atoms. The van der Waals surface area contributed by atoms with Crippen LogP contribution in [0, 0.1) is 13.8 Å². The standard InChI is InChI=1S/C18H16N6O4S3/c1-11-10-12(2)20-18(19-11)24-30(25,26)14-8-6-13(7-9-14)23-31(27,28)16-5-3-4-15-17(16)22-29-21-15/h3-10,23H,1-2H3,(H,19,20,24). The van der Waals surface area contributed by atoms with E-state index >= 15 is 0 Å². The average Bonchev–Trinajstić information content (AvgIpc) is 3.15. The van der Waals surface area contributed by atoms with E-state index in [9.17, 15) is 16.8 Å². The lowest BCUT2D eigenvalue weighted by molar-refractivity contribution is 0.600. The van der Waals surface area contributed by atoms with Crippen LogP contribution in [0.1, 0.15) is 11.4 Å². The molecule has 0 spiro atoms. The van der Waals surface area contributed by atoms with Gasteiger partial charge in [-0.2, -0.15) is 8.75 Å². The van der Waals surface area contributed by atoms with Gasteiger partial charge in [-0.1, -0.05) is 6.07 Å². The Morgan fingerprint density at radius 2 is 1.48 bits per heavy atom. The van der Waals surface area contributed by atoms with Crippen LogP contribution in [0.4, 0.5) is 11.6 Å². The van der Waals surface area contributed by atoms with Gasteiger partial charge in [0.25, 0.3) is 20.0 Å². The molecule has 2 aromatic heterocycles. The molecule has 0 aliphatic carbocycles. The number of hydrogen-bond donors (Lipinski definition) is 2. The molecule has 0 aliphatic heterocycles. The van der Waals surface area contributed by atoms with Crippen molar-refractivity contribution >= 4 is 54.4 Å². The van der Waals surface area contributed by atoms with Crippen LogP contribution in [0.25, 0.3) is 11.0 Å². The Labute approximate surface area is 182 Å². The molecule has 10 nitrogen and oxygen atoms in total. The number of nitrogens with one attached hydrogen (secondary N) is 2. The summed E-state index contributed by atoms with van der Waals surface area (Å²) in [5.74, 6) is -0.0350. The largest absolute Gasteiger partial charge is 0.280 e. The van der Waals surface area contributed by atoms with Crippen LogP contribution < -0.4 is 9.44 Å². The number of sulfonamides is 2. The van der Waals surface area contributed by atoms with E-state index in [0.29, 0.717) is 16.9 Å². The minimum atomic E-state index is -3.95. The lowest BCUT2D eigenvalue weighted by Gasteiger charge is -2.10. The van der Waals surface area contributed by atoms with Crippen LogP contribution in [-0.2, 0) is 20.0 Å². The zero-order valence-electron chi connectivity index (χ0n) is 16.3. The molecule has 0 unspecified atom stereocenters. The molecule has 2 N–H and O–H groups in total. The Bertz CT molecular complexity index is 1460. The molecule has 2 heterocycles. The number of nitrogens with zero attached hydrogens (tertiary/aromatic N) is 4. The second-order valence-corrected chi connectivity index (χ2v) is 10.5. The van der Waals surface area contributed by atoms with Crippen molar-refractivity contribution in [2.24, 2.45) is 0 Å². The Morgan fingerprint density at radius 3 is 2.16 bits per heavy atom. The summed E-state index contributed by atoms with van der Waals surface area (Å²) in [4.78, 5) is 8.05. The van der Waals surface area contributed by atoms with Crippen molar-refractivity contribution in [3.8, 4) is 0 Å². The third-order valence-corrected chi connectivity index (χ3v) is 7.46. The Morgan fingerprint density at radius 1 is 0.806 bits per heavy atom. The van der Waals surface area contributed by atoms with Gasteiger partial charge in [-0.25, -0.2) is 31.5 Å². The summed E-state index contributed by atoms with van der Waals surface area (Å²) in [5, 5.41) is 0. The second-order valence-electron chi connectivity index (χ2n) is 6.60. The summed E-state index contributed by atoms with van der Waals surface area (Å²) in [6.45, 7) is 3.46. The number of benzene rings is 2. The number of hydrogen-bond acceptors (Lipinski definition) is 9. The molecule has 13 heteroatoms. The number of rotatable bonds is 6. The van der Waals surface area contributed by atoms with Gasteiger partial charge < -0.3 is 0 Å². The maximum atomic E-state index is 12.8. The van der Waals surface area contributed by atoms with Gasteiger partial charge in [0.05, 0.1) is 16.6 Å². The van der Waals surface area contributed by atoms with E-state index in [1.807, 2.05) is 0 Å². The van der Waals surface area contributed by atoms with Gasteiger partial charge in [0.1, 0.15) is 15.9 Å². The summed E-state index contributed by atoms with van der Waals surface area (Å²) < 4.78 is 63.6. The Kier molecular flexibility index (Phi) is 5.33. The Balaban J connectivity index is 1.57. The van der Waals surface area contributed by atoms with Crippen LogP contribution >= 0.6 is 11.7 Å². The fraction of sp³-hybridized carbons (Fsp3) is 0.111. The van der Waals surface area contributed by atoms with Crippen LogP contribution in [0.3, 0.4) is 0 Å². The topological polar surface area (TPSA) is 144 Å². The second kappa shape index (κ2) is 7.83. The van der Waals surface area contributed by atoms with Gasteiger partial charge >= 0.3 is 0 Å². The van der Waals surface area contributed by atoms with Crippen LogP contribution in [0.5, 0.6) is 0 Å².